The van der Waals surface area contributed by atoms with Crippen LogP contribution in [0.15, 0.2) is 24.3 Å². The Morgan fingerprint density at radius 3 is 2.16 bits per heavy atom. The average molecular weight is 460 g/mol. The molecule has 2 amide bonds. The molecular weight excluding hydrogens is 427 g/mol. The predicted molar refractivity (Wildman–Crippen MR) is 113 cm³/mol. The van der Waals surface area contributed by atoms with Crippen molar-refractivity contribution >= 4 is 12.0 Å². The van der Waals surface area contributed by atoms with Gasteiger partial charge in [0.15, 0.2) is 0 Å². The van der Waals surface area contributed by atoms with E-state index >= 15 is 0 Å². The second-order valence-electron chi connectivity index (χ2n) is 8.72. The number of nitrogens with one attached hydrogen (secondary N) is 1. The number of alkyl halides is 3. The molecule has 1 atom stereocenters. The summed E-state index contributed by atoms with van der Waals surface area (Å²) in [5, 5.41) is 1.87. The van der Waals surface area contributed by atoms with E-state index < -0.39 is 17.7 Å². The number of hydrogen-bond acceptors (Lipinski definition) is 5. The van der Waals surface area contributed by atoms with Crippen molar-refractivity contribution < 1.29 is 32.2 Å². The Balaban J connectivity index is 1.99. The third-order valence-corrected chi connectivity index (χ3v) is 5.08. The zero-order valence-corrected chi connectivity index (χ0v) is 19.0. The van der Waals surface area contributed by atoms with Crippen LogP contribution in [-0.4, -0.2) is 73.5 Å². The largest absolute Gasteiger partial charge is 0.471 e. The Kier molecular flexibility index (Phi) is 8.91. The van der Waals surface area contributed by atoms with E-state index in [0.717, 1.165) is 12.0 Å². The Hall–Kier alpha value is -2.33. The summed E-state index contributed by atoms with van der Waals surface area (Å²) in [6, 6.07) is 7.17. The van der Waals surface area contributed by atoms with Crippen LogP contribution in [0.1, 0.15) is 44.4 Å². The second-order valence-corrected chi connectivity index (χ2v) is 8.72. The fraction of sp³-hybridized carbons (Fsp3) is 0.636. The van der Waals surface area contributed by atoms with Crippen LogP contribution in [-0.2, 0) is 20.8 Å². The molecule has 0 radical (unpaired) electrons. The van der Waals surface area contributed by atoms with E-state index in [1.54, 1.807) is 24.1 Å². The fourth-order valence-electron chi connectivity index (χ4n) is 3.47. The lowest BCUT2D eigenvalue weighted by Gasteiger charge is -2.39. The molecule has 1 saturated heterocycles. The molecule has 1 fully saturated rings. The number of piperazine rings is 1. The Morgan fingerprint density at radius 1 is 1.06 bits per heavy atom. The summed E-state index contributed by atoms with van der Waals surface area (Å²) in [5.41, 5.74) is 1.03. The van der Waals surface area contributed by atoms with Crippen LogP contribution < -0.4 is 5.32 Å². The van der Waals surface area contributed by atoms with Crippen LogP contribution in [0.4, 0.5) is 18.0 Å². The number of amides is 2. The van der Waals surface area contributed by atoms with Crippen LogP contribution in [0, 0.1) is 0 Å². The van der Waals surface area contributed by atoms with Gasteiger partial charge in [0.25, 0.3) is 0 Å². The fourth-order valence-corrected chi connectivity index (χ4v) is 3.47. The molecule has 0 aromatic heterocycles. The summed E-state index contributed by atoms with van der Waals surface area (Å²) in [4.78, 5) is 27.3. The zero-order chi connectivity index (χ0) is 23.9. The number of ether oxygens (including phenoxy) is 2. The highest BCUT2D eigenvalue weighted by atomic mass is 19.4. The minimum absolute atomic E-state index is 0.0366. The Morgan fingerprint density at radius 2 is 1.66 bits per heavy atom. The molecular formula is C22H32F3N3O4. The number of carbonyl (C=O) groups is 2. The topological polar surface area (TPSA) is 71.1 Å². The molecule has 1 aromatic carbocycles. The third kappa shape index (κ3) is 7.98. The van der Waals surface area contributed by atoms with E-state index in [1.165, 1.54) is 0 Å². The van der Waals surface area contributed by atoms with Gasteiger partial charge in [-0.3, -0.25) is 9.69 Å². The van der Waals surface area contributed by atoms with Gasteiger partial charge in [-0.2, -0.15) is 13.2 Å². The Labute approximate surface area is 186 Å². The maximum Gasteiger partial charge on any atom is 0.471 e. The van der Waals surface area contributed by atoms with Gasteiger partial charge in [-0.1, -0.05) is 24.3 Å². The minimum Gasteiger partial charge on any atom is -0.444 e. The summed E-state index contributed by atoms with van der Waals surface area (Å²) < 4.78 is 47.7. The van der Waals surface area contributed by atoms with E-state index in [4.69, 9.17) is 9.47 Å². The maximum absolute atomic E-state index is 12.3. The van der Waals surface area contributed by atoms with Gasteiger partial charge >= 0.3 is 18.2 Å². The first-order valence-electron chi connectivity index (χ1n) is 10.6. The van der Waals surface area contributed by atoms with Gasteiger partial charge in [0.2, 0.25) is 0 Å². The normalized spacial score (nSPS) is 16.5. The molecule has 7 nitrogen and oxygen atoms in total. The predicted octanol–water partition coefficient (Wildman–Crippen LogP) is 3.50. The zero-order valence-electron chi connectivity index (χ0n) is 19.0. The van der Waals surface area contributed by atoms with Crippen LogP contribution in [0.25, 0.3) is 0 Å². The lowest BCUT2D eigenvalue weighted by atomic mass is 10.00. The van der Waals surface area contributed by atoms with E-state index in [9.17, 15) is 22.8 Å². The highest BCUT2D eigenvalue weighted by Crippen LogP contribution is 2.27. The van der Waals surface area contributed by atoms with Crippen molar-refractivity contribution in [2.24, 2.45) is 0 Å². The summed E-state index contributed by atoms with van der Waals surface area (Å²) in [5.74, 6) is -1.96. The highest BCUT2D eigenvalue weighted by molar-refractivity contribution is 5.81. The number of rotatable bonds is 7. The monoisotopic (exact) mass is 459 g/mol. The van der Waals surface area contributed by atoms with Crippen molar-refractivity contribution in [3.63, 3.8) is 0 Å². The average Bonchev–Trinajstić information content (AvgIpc) is 2.71. The third-order valence-electron chi connectivity index (χ3n) is 5.08. The van der Waals surface area contributed by atoms with E-state index in [-0.39, 0.29) is 18.7 Å². The molecule has 1 aliphatic rings. The van der Waals surface area contributed by atoms with Crippen LogP contribution in [0.2, 0.25) is 0 Å². The van der Waals surface area contributed by atoms with Crippen molar-refractivity contribution in [2.75, 3.05) is 39.9 Å². The molecule has 2 rings (SSSR count). The summed E-state index contributed by atoms with van der Waals surface area (Å²) in [7, 11) is 1.63. The summed E-state index contributed by atoms with van der Waals surface area (Å²) in [6.07, 6.45) is -4.49. The van der Waals surface area contributed by atoms with Gasteiger partial charge in [-0.05, 0) is 38.3 Å². The molecule has 1 N–H and O–H groups in total. The molecule has 1 unspecified atom stereocenters. The minimum atomic E-state index is -4.90. The SMILES string of the molecule is COCCC(c1ccc(CNC(=O)C(F)(F)F)cc1)N1CCN(C(=O)OC(C)(C)C)CC1. The second kappa shape index (κ2) is 11.0. The molecule has 180 valence electrons. The molecule has 0 spiro atoms. The van der Waals surface area contributed by atoms with Crippen LogP contribution in [0.5, 0.6) is 0 Å². The molecule has 1 aromatic rings. The van der Waals surface area contributed by atoms with Crippen molar-refractivity contribution in [3.8, 4) is 0 Å². The van der Waals surface area contributed by atoms with E-state index in [1.807, 2.05) is 38.2 Å². The number of benzene rings is 1. The Bertz CT molecular complexity index is 755. The first-order valence-corrected chi connectivity index (χ1v) is 10.6. The molecule has 32 heavy (non-hydrogen) atoms. The van der Waals surface area contributed by atoms with Gasteiger partial charge in [-0.25, -0.2) is 4.79 Å². The molecule has 1 aliphatic heterocycles. The van der Waals surface area contributed by atoms with Gasteiger partial charge in [0, 0.05) is 52.5 Å². The van der Waals surface area contributed by atoms with Crippen molar-refractivity contribution in [1.29, 1.82) is 0 Å². The number of halogens is 3. The number of carbonyl (C=O) groups excluding carboxylic acids is 2. The van der Waals surface area contributed by atoms with Gasteiger partial charge < -0.3 is 19.7 Å². The molecule has 0 saturated carbocycles. The lowest BCUT2D eigenvalue weighted by molar-refractivity contribution is -0.173. The maximum atomic E-state index is 12.3. The standard InChI is InChI=1S/C22H32F3N3O4/c1-21(2,3)32-20(30)28-12-10-27(11-13-28)18(9-14-31-4)17-7-5-16(6-8-17)15-26-19(29)22(23,24)25/h5-8,18H,9-15H2,1-4H3,(H,26,29). The molecule has 10 heteroatoms. The van der Waals surface area contributed by atoms with Gasteiger partial charge in [0.1, 0.15) is 5.60 Å². The number of hydrogen-bond donors (Lipinski definition) is 1. The quantitative estimate of drug-likeness (QED) is 0.676. The van der Waals surface area contributed by atoms with Crippen LogP contribution >= 0.6 is 0 Å². The van der Waals surface area contributed by atoms with Crippen LogP contribution in [0.3, 0.4) is 0 Å². The summed E-state index contributed by atoms with van der Waals surface area (Å²) >= 11 is 0. The smallest absolute Gasteiger partial charge is 0.444 e. The van der Waals surface area contributed by atoms with E-state index in [0.29, 0.717) is 38.3 Å². The molecule has 1 heterocycles. The first-order chi connectivity index (χ1) is 14.9. The number of methoxy groups -OCH3 is 1. The van der Waals surface area contributed by atoms with Crippen molar-refractivity contribution in [2.45, 2.75) is 51.6 Å². The lowest BCUT2D eigenvalue weighted by Crippen LogP contribution is -2.51. The first kappa shape index (κ1) is 25.9. The van der Waals surface area contributed by atoms with Crippen molar-refractivity contribution in [3.05, 3.63) is 35.4 Å². The summed E-state index contributed by atoms with van der Waals surface area (Å²) in [6.45, 7) is 8.25. The highest BCUT2D eigenvalue weighted by Gasteiger charge is 2.38. The molecule has 0 bridgehead atoms. The number of nitrogens with zero attached hydrogens (tertiary/aromatic N) is 2. The van der Waals surface area contributed by atoms with Gasteiger partial charge in [-0.15, -0.1) is 0 Å². The van der Waals surface area contributed by atoms with Crippen molar-refractivity contribution in [1.82, 2.24) is 15.1 Å². The van der Waals surface area contributed by atoms with Gasteiger partial charge in [0.05, 0.1) is 0 Å². The van der Waals surface area contributed by atoms with E-state index in [2.05, 4.69) is 4.90 Å². The molecule has 0 aliphatic carbocycles.